The minimum Gasteiger partial charge on any atom is -0.479 e. The lowest BCUT2D eigenvalue weighted by Crippen LogP contribution is -2.53. The molecule has 0 aromatic carbocycles. The minimum atomic E-state index is 0.323. The topological polar surface area (TPSA) is 71.7 Å². The van der Waals surface area contributed by atoms with Crippen molar-refractivity contribution in [1.82, 2.24) is 24.5 Å². The first kappa shape index (κ1) is 19.7. The van der Waals surface area contributed by atoms with E-state index in [2.05, 4.69) is 20.3 Å². The third-order valence-corrected chi connectivity index (χ3v) is 7.53. The van der Waals surface area contributed by atoms with E-state index < -0.39 is 0 Å². The molecule has 3 aliphatic rings. The number of anilines is 1. The van der Waals surface area contributed by atoms with Gasteiger partial charge in [-0.2, -0.15) is 5.10 Å². The number of pyridine rings is 1. The van der Waals surface area contributed by atoms with E-state index in [-0.39, 0.29) is 0 Å². The molecule has 1 aliphatic carbocycles. The standard InChI is InChI=1S/C23H27N7OS/c1-15-12-28(14-24-15)19-9-8-18(25-21(19)31-2)22-26-20(13-32-22)29-10-5-11-30-23(29)16-6-3-4-7-17(16)27-30/h8-9,12-14,16,23H,3-7,10-11H2,1-2H3. The number of hydrogen-bond acceptors (Lipinski definition) is 8. The molecule has 1 saturated heterocycles. The molecule has 8 nitrogen and oxygen atoms in total. The van der Waals surface area contributed by atoms with Gasteiger partial charge in [0.05, 0.1) is 19.1 Å². The molecule has 5 heterocycles. The molecule has 166 valence electrons. The zero-order valence-electron chi connectivity index (χ0n) is 18.4. The lowest BCUT2D eigenvalue weighted by Gasteiger charge is -2.42. The number of ether oxygens (including phenoxy) is 1. The summed E-state index contributed by atoms with van der Waals surface area (Å²) in [6.45, 7) is 4.04. The highest BCUT2D eigenvalue weighted by Gasteiger charge is 2.44. The molecule has 2 atom stereocenters. The second-order valence-electron chi connectivity index (χ2n) is 8.73. The highest BCUT2D eigenvalue weighted by atomic mass is 32.1. The summed E-state index contributed by atoms with van der Waals surface area (Å²) in [5.74, 6) is 2.15. The van der Waals surface area contributed by atoms with Crippen molar-refractivity contribution in [2.24, 2.45) is 11.0 Å². The van der Waals surface area contributed by atoms with Gasteiger partial charge in [0.15, 0.2) is 0 Å². The van der Waals surface area contributed by atoms with Gasteiger partial charge in [0, 0.05) is 36.3 Å². The Bertz CT molecular complexity index is 1170. The van der Waals surface area contributed by atoms with Gasteiger partial charge in [-0.15, -0.1) is 11.3 Å². The van der Waals surface area contributed by atoms with Gasteiger partial charge in [0.2, 0.25) is 5.88 Å². The van der Waals surface area contributed by atoms with Crippen LogP contribution in [0, 0.1) is 12.8 Å². The van der Waals surface area contributed by atoms with Crippen LogP contribution >= 0.6 is 11.3 Å². The van der Waals surface area contributed by atoms with Crippen LogP contribution < -0.4 is 9.64 Å². The zero-order valence-corrected chi connectivity index (χ0v) is 19.3. The van der Waals surface area contributed by atoms with Gasteiger partial charge < -0.3 is 14.2 Å². The molecule has 0 spiro atoms. The van der Waals surface area contributed by atoms with E-state index in [9.17, 15) is 0 Å². The van der Waals surface area contributed by atoms with E-state index in [1.54, 1.807) is 24.8 Å². The smallest absolute Gasteiger partial charge is 0.238 e. The van der Waals surface area contributed by atoms with E-state index in [0.29, 0.717) is 18.0 Å². The number of hydrazone groups is 1. The van der Waals surface area contributed by atoms with Crippen molar-refractivity contribution in [1.29, 1.82) is 0 Å². The molecular weight excluding hydrogens is 422 g/mol. The van der Waals surface area contributed by atoms with Crippen molar-refractivity contribution in [3.63, 3.8) is 0 Å². The highest BCUT2D eigenvalue weighted by Crippen LogP contribution is 2.39. The molecule has 9 heteroatoms. The van der Waals surface area contributed by atoms with Gasteiger partial charge >= 0.3 is 0 Å². The van der Waals surface area contributed by atoms with Gasteiger partial charge in [0.1, 0.15) is 28.4 Å². The molecule has 3 aromatic heterocycles. The van der Waals surface area contributed by atoms with Crippen molar-refractivity contribution in [3.05, 3.63) is 35.7 Å². The number of hydrogen-bond donors (Lipinski definition) is 0. The maximum absolute atomic E-state index is 5.60. The third-order valence-electron chi connectivity index (χ3n) is 6.68. The minimum absolute atomic E-state index is 0.323. The van der Waals surface area contributed by atoms with E-state index in [1.807, 2.05) is 29.8 Å². The fourth-order valence-corrected chi connectivity index (χ4v) is 6.00. The monoisotopic (exact) mass is 449 g/mol. The SMILES string of the molecule is COc1nc(-c2nc(N3CCCN4N=C5CCCCC5C43)cs2)ccc1-n1cnc(C)c1. The Balaban J connectivity index is 1.29. The molecular formula is C23H27N7OS. The number of rotatable bonds is 4. The van der Waals surface area contributed by atoms with Crippen molar-refractivity contribution in [2.45, 2.75) is 45.2 Å². The number of aromatic nitrogens is 4. The Morgan fingerprint density at radius 2 is 2.06 bits per heavy atom. The molecule has 0 amide bonds. The lowest BCUT2D eigenvalue weighted by molar-refractivity contribution is 0.157. The second kappa shape index (κ2) is 7.88. The summed E-state index contributed by atoms with van der Waals surface area (Å²) in [4.78, 5) is 16.6. The molecule has 3 aromatic rings. The fraction of sp³-hybridized carbons (Fsp3) is 0.478. The number of aryl methyl sites for hydroxylation is 1. The molecule has 1 saturated carbocycles. The van der Waals surface area contributed by atoms with Gasteiger partial charge in [-0.05, 0) is 44.7 Å². The molecule has 6 rings (SSSR count). The maximum Gasteiger partial charge on any atom is 0.238 e. The van der Waals surface area contributed by atoms with Crippen LogP contribution in [-0.2, 0) is 0 Å². The molecule has 2 unspecified atom stereocenters. The Morgan fingerprint density at radius 1 is 1.12 bits per heavy atom. The molecule has 0 N–H and O–H groups in total. The van der Waals surface area contributed by atoms with E-state index in [4.69, 9.17) is 19.8 Å². The second-order valence-corrected chi connectivity index (χ2v) is 9.58. The van der Waals surface area contributed by atoms with E-state index >= 15 is 0 Å². The van der Waals surface area contributed by atoms with Crippen molar-refractivity contribution < 1.29 is 4.74 Å². The number of fused-ring (bicyclic) bond motifs is 3. The quantitative estimate of drug-likeness (QED) is 0.597. The first-order chi connectivity index (χ1) is 15.7. The number of thiazole rings is 1. The predicted molar refractivity (Wildman–Crippen MR) is 126 cm³/mol. The fourth-order valence-electron chi connectivity index (χ4n) is 5.21. The van der Waals surface area contributed by atoms with Crippen LogP contribution in [0.5, 0.6) is 5.88 Å². The van der Waals surface area contributed by atoms with Gasteiger partial charge in [-0.3, -0.25) is 5.01 Å². The normalized spacial score (nSPS) is 22.5. The number of imidazole rings is 1. The molecule has 32 heavy (non-hydrogen) atoms. The summed E-state index contributed by atoms with van der Waals surface area (Å²) >= 11 is 1.64. The summed E-state index contributed by atoms with van der Waals surface area (Å²) in [5, 5.41) is 10.4. The summed E-state index contributed by atoms with van der Waals surface area (Å²) in [6, 6.07) is 4.03. The van der Waals surface area contributed by atoms with Crippen LogP contribution in [0.15, 0.2) is 35.1 Å². The summed E-state index contributed by atoms with van der Waals surface area (Å²) < 4.78 is 7.53. The summed E-state index contributed by atoms with van der Waals surface area (Å²) in [7, 11) is 1.65. The maximum atomic E-state index is 5.60. The Hall–Kier alpha value is -2.94. The van der Waals surface area contributed by atoms with Crippen LogP contribution in [0.1, 0.15) is 37.8 Å². The number of nitrogens with zero attached hydrogens (tertiary/aromatic N) is 7. The predicted octanol–water partition coefficient (Wildman–Crippen LogP) is 4.11. The van der Waals surface area contributed by atoms with Crippen molar-refractivity contribution >= 4 is 22.9 Å². The Kier molecular flexibility index (Phi) is 4.86. The zero-order chi connectivity index (χ0) is 21.7. The van der Waals surface area contributed by atoms with E-state index in [1.165, 1.54) is 25.0 Å². The molecule has 0 bridgehead atoms. The first-order valence-electron chi connectivity index (χ1n) is 11.3. The average Bonchev–Trinajstić information content (AvgIpc) is 3.56. The van der Waals surface area contributed by atoms with Crippen LogP contribution in [0.25, 0.3) is 16.4 Å². The van der Waals surface area contributed by atoms with Gasteiger partial charge in [-0.25, -0.2) is 15.0 Å². The highest BCUT2D eigenvalue weighted by molar-refractivity contribution is 7.13. The van der Waals surface area contributed by atoms with Crippen molar-refractivity contribution in [2.75, 3.05) is 25.1 Å². The Morgan fingerprint density at radius 3 is 2.91 bits per heavy atom. The molecule has 0 radical (unpaired) electrons. The van der Waals surface area contributed by atoms with Crippen LogP contribution in [0.4, 0.5) is 5.82 Å². The average molecular weight is 450 g/mol. The van der Waals surface area contributed by atoms with Crippen LogP contribution in [-0.4, -0.2) is 56.6 Å². The first-order valence-corrected chi connectivity index (χ1v) is 12.2. The lowest BCUT2D eigenvalue weighted by atomic mass is 9.85. The Labute approximate surface area is 191 Å². The van der Waals surface area contributed by atoms with Crippen molar-refractivity contribution in [3.8, 4) is 22.3 Å². The largest absolute Gasteiger partial charge is 0.479 e. The molecule has 2 aliphatic heterocycles. The summed E-state index contributed by atoms with van der Waals surface area (Å²) in [6.07, 6.45) is 10.1. The third kappa shape index (κ3) is 3.26. The van der Waals surface area contributed by atoms with Gasteiger partial charge in [-0.1, -0.05) is 6.42 Å². The number of methoxy groups -OCH3 is 1. The molecule has 2 fully saturated rings. The van der Waals surface area contributed by atoms with Crippen LogP contribution in [0.2, 0.25) is 0 Å². The van der Waals surface area contributed by atoms with Gasteiger partial charge in [0.25, 0.3) is 0 Å². The van der Waals surface area contributed by atoms with E-state index in [0.717, 1.165) is 53.8 Å². The summed E-state index contributed by atoms with van der Waals surface area (Å²) in [5.41, 5.74) is 4.05. The van der Waals surface area contributed by atoms with Crippen LogP contribution in [0.3, 0.4) is 0 Å².